The van der Waals surface area contributed by atoms with Gasteiger partial charge in [-0.2, -0.15) is 5.26 Å². The molecule has 1 heterocycles. The summed E-state index contributed by atoms with van der Waals surface area (Å²) < 4.78 is 15.5. The molecule has 2 N–H and O–H groups in total. The van der Waals surface area contributed by atoms with Crippen LogP contribution in [-0.2, 0) is 28.6 Å². The molecule has 2 aliphatic rings. The highest BCUT2D eigenvalue weighted by Crippen LogP contribution is 2.51. The van der Waals surface area contributed by atoms with Gasteiger partial charge in [0.2, 0.25) is 11.3 Å². The summed E-state index contributed by atoms with van der Waals surface area (Å²) in [6, 6.07) is 1.81. The Morgan fingerprint density at radius 3 is 2.38 bits per heavy atom. The third-order valence-electron chi connectivity index (χ3n) is 4.29. The summed E-state index contributed by atoms with van der Waals surface area (Å²) in [5.41, 5.74) is 2.46. The minimum atomic E-state index is -2.30. The molecule has 0 radical (unpaired) electrons. The third-order valence-corrected chi connectivity index (χ3v) is 4.29. The van der Waals surface area contributed by atoms with Crippen molar-refractivity contribution in [2.45, 2.75) is 40.5 Å². The molecule has 0 aromatic rings. The summed E-state index contributed by atoms with van der Waals surface area (Å²) in [5, 5.41) is 9.94. The summed E-state index contributed by atoms with van der Waals surface area (Å²) in [5.74, 6) is -2.81. The molecule has 0 amide bonds. The SMILES string of the molecule is CCOC(=O)C1=C(N)OC2=C(C(=O)CC(C)(C)C2)C1(C#N)C(=O)OCC. The van der Waals surface area contributed by atoms with Crippen molar-refractivity contribution >= 4 is 17.7 Å². The maximum atomic E-state index is 12.8. The van der Waals surface area contributed by atoms with Gasteiger partial charge in [0.05, 0.1) is 24.9 Å². The standard InChI is InChI=1S/C18H22N2O6/c1-5-24-15(22)13-14(20)26-11-8-17(3,4)7-10(21)12(11)18(13,9-19)16(23)25-6-2/h5-8,20H2,1-4H3. The summed E-state index contributed by atoms with van der Waals surface area (Å²) in [4.78, 5) is 38.1. The van der Waals surface area contributed by atoms with E-state index in [1.165, 1.54) is 0 Å². The van der Waals surface area contributed by atoms with E-state index in [0.29, 0.717) is 0 Å². The van der Waals surface area contributed by atoms with Crippen LogP contribution in [0, 0.1) is 22.2 Å². The molecule has 8 nitrogen and oxygen atoms in total. The van der Waals surface area contributed by atoms with E-state index >= 15 is 0 Å². The predicted octanol–water partition coefficient (Wildman–Crippen LogP) is 1.47. The van der Waals surface area contributed by atoms with E-state index in [0.717, 1.165) is 0 Å². The smallest absolute Gasteiger partial charge is 0.342 e. The van der Waals surface area contributed by atoms with Crippen LogP contribution in [0.2, 0.25) is 0 Å². The first-order valence-corrected chi connectivity index (χ1v) is 8.35. The lowest BCUT2D eigenvalue weighted by Gasteiger charge is -2.39. The average molecular weight is 362 g/mol. The minimum absolute atomic E-state index is 0.00711. The average Bonchev–Trinajstić information content (AvgIpc) is 2.52. The van der Waals surface area contributed by atoms with Gasteiger partial charge in [-0.1, -0.05) is 13.8 Å². The fraction of sp³-hybridized carbons (Fsp3) is 0.556. The molecule has 0 spiro atoms. The third kappa shape index (κ3) is 2.94. The molecule has 0 aromatic carbocycles. The molecule has 1 aliphatic carbocycles. The van der Waals surface area contributed by atoms with Crippen LogP contribution in [-0.4, -0.2) is 30.9 Å². The van der Waals surface area contributed by atoms with Gasteiger partial charge in [-0.15, -0.1) is 0 Å². The molecule has 0 saturated heterocycles. The van der Waals surface area contributed by atoms with Gasteiger partial charge in [0, 0.05) is 12.8 Å². The second-order valence-electron chi connectivity index (χ2n) is 6.88. The van der Waals surface area contributed by atoms with Crippen molar-refractivity contribution in [2.24, 2.45) is 16.6 Å². The Balaban J connectivity index is 2.77. The first-order chi connectivity index (χ1) is 12.1. The van der Waals surface area contributed by atoms with Crippen molar-refractivity contribution in [2.75, 3.05) is 13.2 Å². The van der Waals surface area contributed by atoms with Crippen molar-refractivity contribution in [1.82, 2.24) is 0 Å². The monoisotopic (exact) mass is 362 g/mol. The van der Waals surface area contributed by atoms with Gasteiger partial charge in [-0.05, 0) is 19.3 Å². The quantitative estimate of drug-likeness (QED) is 0.744. The fourth-order valence-corrected chi connectivity index (χ4v) is 3.32. The summed E-state index contributed by atoms with van der Waals surface area (Å²) >= 11 is 0. The van der Waals surface area contributed by atoms with Gasteiger partial charge in [-0.25, -0.2) is 9.59 Å². The lowest BCUT2D eigenvalue weighted by atomic mass is 9.65. The molecule has 1 unspecified atom stereocenters. The van der Waals surface area contributed by atoms with Gasteiger partial charge in [0.1, 0.15) is 11.3 Å². The Morgan fingerprint density at radius 2 is 1.85 bits per heavy atom. The summed E-state index contributed by atoms with van der Waals surface area (Å²) in [7, 11) is 0. The topological polar surface area (TPSA) is 129 Å². The van der Waals surface area contributed by atoms with Crippen LogP contribution >= 0.6 is 0 Å². The Bertz CT molecular complexity index is 771. The molecule has 1 atom stereocenters. The first kappa shape index (κ1) is 19.5. The van der Waals surface area contributed by atoms with Crippen molar-refractivity contribution in [3.8, 4) is 6.07 Å². The number of carbonyl (C=O) groups excluding carboxylic acids is 3. The molecule has 2 rings (SSSR count). The van der Waals surface area contributed by atoms with E-state index in [1.807, 2.05) is 13.8 Å². The van der Waals surface area contributed by atoms with E-state index in [4.69, 9.17) is 19.9 Å². The van der Waals surface area contributed by atoms with Crippen LogP contribution < -0.4 is 5.73 Å². The number of ketones is 1. The second kappa shape index (κ2) is 6.83. The lowest BCUT2D eigenvalue weighted by molar-refractivity contribution is -0.153. The molecule has 0 fully saturated rings. The van der Waals surface area contributed by atoms with Crippen LogP contribution in [0.15, 0.2) is 22.8 Å². The van der Waals surface area contributed by atoms with Crippen LogP contribution in [0.25, 0.3) is 0 Å². The zero-order chi connectivity index (χ0) is 19.7. The largest absolute Gasteiger partial charge is 0.464 e. The highest BCUT2D eigenvalue weighted by Gasteiger charge is 2.60. The lowest BCUT2D eigenvalue weighted by Crippen LogP contribution is -2.48. The first-order valence-electron chi connectivity index (χ1n) is 8.35. The van der Waals surface area contributed by atoms with Crippen molar-refractivity contribution < 1.29 is 28.6 Å². The van der Waals surface area contributed by atoms with Crippen LogP contribution in [0.1, 0.15) is 40.5 Å². The molecular formula is C18H22N2O6. The summed E-state index contributed by atoms with van der Waals surface area (Å²) in [6.45, 7) is 6.79. The number of hydrogen-bond acceptors (Lipinski definition) is 8. The number of carbonyl (C=O) groups is 3. The number of esters is 2. The molecule has 140 valence electrons. The highest BCUT2D eigenvalue weighted by atomic mass is 16.5. The van der Waals surface area contributed by atoms with Gasteiger partial charge in [-0.3, -0.25) is 4.79 Å². The Kier molecular flexibility index (Phi) is 5.12. The normalized spacial score (nSPS) is 24.3. The van der Waals surface area contributed by atoms with E-state index in [1.54, 1.807) is 19.9 Å². The van der Waals surface area contributed by atoms with Crippen molar-refractivity contribution in [3.05, 3.63) is 22.8 Å². The maximum Gasteiger partial charge on any atom is 0.342 e. The highest BCUT2D eigenvalue weighted by molar-refractivity contribution is 6.12. The molecule has 1 aliphatic heterocycles. The fourth-order valence-electron chi connectivity index (χ4n) is 3.32. The van der Waals surface area contributed by atoms with Crippen LogP contribution in [0.5, 0.6) is 0 Å². The van der Waals surface area contributed by atoms with Crippen LogP contribution in [0.3, 0.4) is 0 Å². The Morgan fingerprint density at radius 1 is 1.23 bits per heavy atom. The van der Waals surface area contributed by atoms with Gasteiger partial charge < -0.3 is 19.9 Å². The van der Waals surface area contributed by atoms with E-state index < -0.39 is 40.0 Å². The second-order valence-corrected chi connectivity index (χ2v) is 6.88. The Hall–Kier alpha value is -2.82. The summed E-state index contributed by atoms with van der Waals surface area (Å²) in [6.07, 6.45) is 0.377. The Labute approximate surface area is 151 Å². The zero-order valence-corrected chi connectivity index (χ0v) is 15.3. The van der Waals surface area contributed by atoms with E-state index in [2.05, 4.69) is 0 Å². The molecule has 26 heavy (non-hydrogen) atoms. The number of nitriles is 1. The number of rotatable bonds is 4. The van der Waals surface area contributed by atoms with Gasteiger partial charge in [0.15, 0.2) is 5.78 Å². The minimum Gasteiger partial charge on any atom is -0.464 e. The molecule has 8 heteroatoms. The van der Waals surface area contributed by atoms with Gasteiger partial charge >= 0.3 is 11.9 Å². The number of allylic oxidation sites excluding steroid dienone is 1. The molecule has 0 saturated carbocycles. The van der Waals surface area contributed by atoms with E-state index in [-0.39, 0.29) is 37.4 Å². The molecule has 0 aromatic heterocycles. The van der Waals surface area contributed by atoms with Crippen molar-refractivity contribution in [1.29, 1.82) is 5.26 Å². The number of ether oxygens (including phenoxy) is 3. The zero-order valence-electron chi connectivity index (χ0n) is 15.3. The molecular weight excluding hydrogens is 340 g/mol. The maximum absolute atomic E-state index is 12.8. The van der Waals surface area contributed by atoms with Crippen molar-refractivity contribution in [3.63, 3.8) is 0 Å². The van der Waals surface area contributed by atoms with Crippen LogP contribution in [0.4, 0.5) is 0 Å². The molecule has 0 bridgehead atoms. The number of Topliss-reactive ketones (excluding diaryl/α,β-unsaturated/α-hetero) is 1. The predicted molar refractivity (Wildman–Crippen MR) is 88.7 cm³/mol. The number of nitrogens with zero attached hydrogens (tertiary/aromatic N) is 1. The number of hydrogen-bond donors (Lipinski definition) is 1. The number of nitrogens with two attached hydrogens (primary N) is 1. The van der Waals surface area contributed by atoms with Gasteiger partial charge in [0.25, 0.3) is 0 Å². The van der Waals surface area contributed by atoms with E-state index in [9.17, 15) is 19.6 Å².